The van der Waals surface area contributed by atoms with Crippen molar-refractivity contribution < 1.29 is 23.5 Å². The van der Waals surface area contributed by atoms with Crippen LogP contribution in [-0.2, 0) is 0 Å². The zero-order chi connectivity index (χ0) is 27.8. The number of piperidine rings is 1. The Kier molecular flexibility index (Phi) is 7.65. The minimum Gasteiger partial charge on any atom is -0.476 e. The van der Waals surface area contributed by atoms with Gasteiger partial charge in [0.25, 0.3) is 0 Å². The second-order valence-corrected chi connectivity index (χ2v) is 11.8. The van der Waals surface area contributed by atoms with Gasteiger partial charge in [0.05, 0.1) is 10.2 Å². The molecule has 6 rings (SSSR count). The third-order valence-electron chi connectivity index (χ3n) is 8.13. The number of rotatable bonds is 9. The number of hydrogen-bond acceptors (Lipinski definition) is 6. The molecule has 0 amide bonds. The molecule has 2 aromatic carbocycles. The zero-order valence-corrected chi connectivity index (χ0v) is 23.0. The number of hydrogen-bond donors (Lipinski definition) is 2. The molecule has 7 nitrogen and oxygen atoms in total. The summed E-state index contributed by atoms with van der Waals surface area (Å²) in [7, 11) is 0. The number of carboxylic acids is 1. The number of unbranched alkanes of at least 4 members (excludes halogenated alkanes) is 1. The molecule has 2 saturated heterocycles. The summed E-state index contributed by atoms with van der Waals surface area (Å²) >= 11 is 1.28. The lowest BCUT2D eigenvalue weighted by Gasteiger charge is -2.28. The lowest BCUT2D eigenvalue weighted by Crippen LogP contribution is -2.35. The van der Waals surface area contributed by atoms with Gasteiger partial charge < -0.3 is 15.3 Å². The van der Waals surface area contributed by atoms with E-state index >= 15 is 4.39 Å². The highest BCUT2D eigenvalue weighted by Crippen LogP contribution is 2.36. The molecule has 0 bridgehead atoms. The molecular weight excluding hydrogens is 534 g/mol. The molecule has 2 aromatic heterocycles. The van der Waals surface area contributed by atoms with Crippen LogP contribution in [0.4, 0.5) is 8.78 Å². The van der Waals surface area contributed by atoms with Crippen molar-refractivity contribution in [2.75, 3.05) is 26.2 Å². The SMILES string of the molecule is O=C(CCCCN1CCC(F)CC1)c1ccc2c(c1)sc1nc(-c3ccc([C@@H]4CCCN4)cc3F)c(C(=O)O)n12. The highest BCUT2D eigenvalue weighted by Gasteiger charge is 2.26. The Morgan fingerprint density at radius 2 is 1.93 bits per heavy atom. The van der Waals surface area contributed by atoms with Crippen LogP contribution in [0.25, 0.3) is 26.4 Å². The number of halogens is 2. The topological polar surface area (TPSA) is 86.9 Å². The van der Waals surface area contributed by atoms with Crippen LogP contribution in [0.2, 0.25) is 0 Å². The van der Waals surface area contributed by atoms with Gasteiger partial charge in [-0.05, 0) is 87.5 Å². The fourth-order valence-electron chi connectivity index (χ4n) is 5.93. The van der Waals surface area contributed by atoms with Gasteiger partial charge in [-0.1, -0.05) is 17.4 Å². The number of aromatic carboxylic acids is 1. The number of carbonyl (C=O) groups excluding carboxylic acids is 1. The highest BCUT2D eigenvalue weighted by molar-refractivity contribution is 7.23. The summed E-state index contributed by atoms with van der Waals surface area (Å²) in [4.78, 5) is 32.5. The molecule has 0 spiro atoms. The molecule has 2 N–H and O–H groups in total. The van der Waals surface area contributed by atoms with Gasteiger partial charge in [0, 0.05) is 36.7 Å². The number of thiazole rings is 1. The number of ketones is 1. The van der Waals surface area contributed by atoms with E-state index in [9.17, 15) is 19.1 Å². The predicted octanol–water partition coefficient (Wildman–Crippen LogP) is 6.26. The van der Waals surface area contributed by atoms with Crippen LogP contribution in [0, 0.1) is 5.82 Å². The first-order valence-corrected chi connectivity index (χ1v) is 14.8. The van der Waals surface area contributed by atoms with Gasteiger partial charge in [-0.25, -0.2) is 18.6 Å². The number of aromatic nitrogens is 2. The third-order valence-corrected chi connectivity index (χ3v) is 9.13. The van der Waals surface area contributed by atoms with Gasteiger partial charge in [-0.15, -0.1) is 0 Å². The summed E-state index contributed by atoms with van der Waals surface area (Å²) in [6.45, 7) is 3.34. The number of benzene rings is 2. The number of nitrogens with zero attached hydrogens (tertiary/aromatic N) is 3. The van der Waals surface area contributed by atoms with E-state index in [1.807, 2.05) is 6.07 Å². The van der Waals surface area contributed by atoms with Crippen LogP contribution in [-0.4, -0.2) is 63.5 Å². The Hall–Kier alpha value is -3.21. The summed E-state index contributed by atoms with van der Waals surface area (Å²) in [6.07, 6.45) is 4.54. The molecule has 40 heavy (non-hydrogen) atoms. The number of Topliss-reactive ketones (excluding diaryl/α,β-unsaturated/α-hetero) is 1. The molecular formula is C30H32F2N4O3S. The van der Waals surface area contributed by atoms with Gasteiger partial charge in [-0.3, -0.25) is 9.20 Å². The van der Waals surface area contributed by atoms with Crippen LogP contribution in [0.1, 0.15) is 77.4 Å². The van der Waals surface area contributed by atoms with E-state index < -0.39 is 18.0 Å². The Balaban J connectivity index is 1.21. The molecule has 2 aliphatic rings. The van der Waals surface area contributed by atoms with Crippen molar-refractivity contribution in [1.29, 1.82) is 0 Å². The molecule has 210 valence electrons. The number of likely N-dealkylation sites (tertiary alicyclic amines) is 1. The number of carboxylic acid groups (broad SMARTS) is 1. The quantitative estimate of drug-likeness (QED) is 0.184. The molecule has 1 atom stereocenters. The maximum Gasteiger partial charge on any atom is 0.355 e. The zero-order valence-electron chi connectivity index (χ0n) is 22.2. The van der Waals surface area contributed by atoms with Crippen LogP contribution < -0.4 is 5.32 Å². The molecule has 4 heterocycles. The molecule has 0 unspecified atom stereocenters. The maximum absolute atomic E-state index is 15.2. The van der Waals surface area contributed by atoms with Crippen LogP contribution in [0.15, 0.2) is 36.4 Å². The Labute approximate surface area is 234 Å². The van der Waals surface area contributed by atoms with E-state index in [1.165, 1.54) is 17.4 Å². The Morgan fingerprint density at radius 3 is 2.65 bits per heavy atom. The van der Waals surface area contributed by atoms with Gasteiger partial charge in [0.2, 0.25) is 0 Å². The lowest BCUT2D eigenvalue weighted by atomic mass is 10.0. The van der Waals surface area contributed by atoms with Gasteiger partial charge in [0.15, 0.2) is 16.4 Å². The molecule has 0 radical (unpaired) electrons. The molecule has 0 saturated carbocycles. The van der Waals surface area contributed by atoms with Crippen LogP contribution in [0.3, 0.4) is 0 Å². The van der Waals surface area contributed by atoms with Crippen LogP contribution >= 0.6 is 11.3 Å². The van der Waals surface area contributed by atoms with Crippen molar-refractivity contribution in [2.24, 2.45) is 0 Å². The van der Waals surface area contributed by atoms with E-state index in [2.05, 4.69) is 15.2 Å². The summed E-state index contributed by atoms with van der Waals surface area (Å²) in [5.41, 5.74) is 2.21. The number of nitrogens with one attached hydrogen (secondary N) is 1. The van der Waals surface area contributed by atoms with Gasteiger partial charge in [-0.2, -0.15) is 0 Å². The lowest BCUT2D eigenvalue weighted by molar-refractivity contribution is 0.0690. The monoisotopic (exact) mass is 566 g/mol. The Morgan fingerprint density at radius 1 is 1.10 bits per heavy atom. The number of carbonyl (C=O) groups is 2. The van der Waals surface area contributed by atoms with Crippen molar-refractivity contribution in [1.82, 2.24) is 19.6 Å². The van der Waals surface area contributed by atoms with Gasteiger partial charge >= 0.3 is 5.97 Å². The minimum absolute atomic E-state index is 0.0356. The van der Waals surface area contributed by atoms with Crippen molar-refractivity contribution in [3.63, 3.8) is 0 Å². The van der Waals surface area contributed by atoms with E-state index in [0.717, 1.165) is 62.1 Å². The summed E-state index contributed by atoms with van der Waals surface area (Å²) in [5.74, 6) is -1.66. The van der Waals surface area contributed by atoms with Gasteiger partial charge in [0.1, 0.15) is 17.7 Å². The summed E-state index contributed by atoms with van der Waals surface area (Å²) in [6, 6.07) is 10.3. The minimum atomic E-state index is -1.20. The molecule has 4 aromatic rings. The smallest absolute Gasteiger partial charge is 0.355 e. The maximum atomic E-state index is 15.2. The molecule has 10 heteroatoms. The Bertz CT molecular complexity index is 1570. The first kappa shape index (κ1) is 27.0. The first-order chi connectivity index (χ1) is 19.4. The number of imidazole rings is 1. The number of fused-ring (bicyclic) bond motifs is 3. The molecule has 2 fully saturated rings. The van der Waals surface area contributed by atoms with E-state index in [4.69, 9.17) is 0 Å². The van der Waals surface area contributed by atoms with E-state index in [1.54, 1.807) is 28.7 Å². The predicted molar refractivity (Wildman–Crippen MR) is 152 cm³/mol. The van der Waals surface area contributed by atoms with Crippen molar-refractivity contribution in [3.05, 3.63) is 59.0 Å². The summed E-state index contributed by atoms with van der Waals surface area (Å²) in [5, 5.41) is 13.5. The van der Waals surface area contributed by atoms with Crippen molar-refractivity contribution in [2.45, 2.75) is 57.2 Å². The summed E-state index contributed by atoms with van der Waals surface area (Å²) < 4.78 is 30.9. The van der Waals surface area contributed by atoms with E-state index in [-0.39, 0.29) is 28.8 Å². The second-order valence-electron chi connectivity index (χ2n) is 10.8. The largest absolute Gasteiger partial charge is 0.476 e. The van der Waals surface area contributed by atoms with Crippen LogP contribution in [0.5, 0.6) is 0 Å². The standard InChI is InChI=1S/C30H32F2N4O3S/c31-20-10-14-35(15-11-20)13-2-1-5-25(37)19-7-9-24-26(17-19)40-30-34-27(28(29(38)39)36(24)30)21-8-6-18(16-22(21)32)23-4-3-12-33-23/h6-9,16-17,20,23,33H,1-5,10-15H2,(H,38,39)/t23-/m0/s1. The third kappa shape index (κ3) is 5.27. The van der Waals surface area contributed by atoms with Crippen molar-refractivity contribution in [3.8, 4) is 11.3 Å². The highest BCUT2D eigenvalue weighted by atomic mass is 32.1. The van der Waals surface area contributed by atoms with Crippen molar-refractivity contribution >= 4 is 38.3 Å². The molecule has 0 aliphatic carbocycles. The second kappa shape index (κ2) is 11.3. The first-order valence-electron chi connectivity index (χ1n) is 14.0. The average molecular weight is 567 g/mol. The normalized spacial score (nSPS) is 18.7. The fourth-order valence-corrected chi connectivity index (χ4v) is 6.99. The number of alkyl halides is 1. The van der Waals surface area contributed by atoms with E-state index in [0.29, 0.717) is 35.3 Å². The molecule has 2 aliphatic heterocycles. The fraction of sp³-hybridized carbons (Fsp3) is 0.433. The average Bonchev–Trinajstić information content (AvgIpc) is 3.67.